The number of hydrogen-bond donors (Lipinski definition) is 0. The zero-order valence-electron chi connectivity index (χ0n) is 26.5. The Morgan fingerprint density at radius 2 is 0.826 bits per heavy atom. The summed E-state index contributed by atoms with van der Waals surface area (Å²) in [7, 11) is 0. The van der Waals surface area contributed by atoms with Crippen LogP contribution in [0.5, 0.6) is 0 Å². The molecule has 0 heteroatoms. The average molecular weight is 589 g/mol. The lowest BCUT2D eigenvalue weighted by Crippen LogP contribution is -2.20. The molecule has 0 nitrogen and oxygen atoms in total. The third-order valence-electron chi connectivity index (χ3n) is 11.8. The van der Waals surface area contributed by atoms with Crippen LogP contribution in [0.3, 0.4) is 0 Å². The van der Waals surface area contributed by atoms with Crippen LogP contribution in [-0.4, -0.2) is 0 Å². The number of hydrogen-bond acceptors (Lipinski definition) is 0. The van der Waals surface area contributed by atoms with Gasteiger partial charge in [-0.3, -0.25) is 0 Å². The quantitative estimate of drug-likeness (QED) is 0.176. The van der Waals surface area contributed by atoms with E-state index < -0.39 is 0 Å². The number of benzene rings is 7. The molecule has 7 aromatic rings. The Labute approximate surface area is 271 Å². The molecule has 220 valence electrons. The zero-order chi connectivity index (χ0) is 30.6. The number of rotatable bonds is 2. The normalized spacial score (nSPS) is 16.5. The van der Waals surface area contributed by atoms with Crippen molar-refractivity contribution in [2.45, 2.75) is 50.4 Å². The summed E-state index contributed by atoms with van der Waals surface area (Å²) >= 11 is 0. The molecule has 3 aliphatic carbocycles. The molecule has 0 unspecified atom stereocenters. The lowest BCUT2D eigenvalue weighted by atomic mass is 9.75. The first-order chi connectivity index (χ1) is 22.6. The predicted octanol–water partition coefficient (Wildman–Crippen LogP) is 12.5. The van der Waals surface area contributed by atoms with Crippen molar-refractivity contribution in [3.05, 3.63) is 156 Å². The second-order valence-electron chi connectivity index (χ2n) is 14.4. The first-order valence-electron chi connectivity index (χ1n) is 17.0. The van der Waals surface area contributed by atoms with Crippen LogP contribution in [-0.2, 0) is 10.8 Å². The second kappa shape index (κ2) is 9.30. The van der Waals surface area contributed by atoms with Gasteiger partial charge in [-0.25, -0.2) is 0 Å². The first-order valence-corrected chi connectivity index (χ1v) is 17.0. The maximum absolute atomic E-state index is 2.59. The molecule has 46 heavy (non-hydrogen) atoms. The van der Waals surface area contributed by atoms with Gasteiger partial charge >= 0.3 is 0 Å². The highest BCUT2D eigenvalue weighted by molar-refractivity contribution is 6.21. The minimum absolute atomic E-state index is 0.0526. The molecular weight excluding hydrogens is 553 g/mol. The van der Waals surface area contributed by atoms with E-state index in [2.05, 4.69) is 147 Å². The Balaban J connectivity index is 1.29. The van der Waals surface area contributed by atoms with Gasteiger partial charge in [-0.2, -0.15) is 0 Å². The van der Waals surface area contributed by atoms with Gasteiger partial charge in [-0.05, 0) is 113 Å². The minimum atomic E-state index is -0.0526. The van der Waals surface area contributed by atoms with Crippen molar-refractivity contribution >= 4 is 21.5 Å². The minimum Gasteiger partial charge on any atom is -0.0619 e. The fourth-order valence-corrected chi connectivity index (χ4v) is 9.73. The van der Waals surface area contributed by atoms with Crippen LogP contribution in [0.25, 0.3) is 66.1 Å². The Hall–Kier alpha value is -4.94. The van der Waals surface area contributed by atoms with Gasteiger partial charge in [0.25, 0.3) is 0 Å². The molecule has 1 fully saturated rings. The standard InChI is InChI=1S/C46H36/c1-45(2)39-19-9-7-15-33(39)35-23-21-29(27-41(35)45)43-37-17-5-3-13-31(37)32-14-4-6-18-38(32)44(43)30-22-24-36-34-16-8-10-20-40(34)46(42(36)28-30)25-11-12-26-46/h3-10,13-24,27-28H,11-12,25-26H2,1-2H3. The van der Waals surface area contributed by atoms with Crippen molar-refractivity contribution in [1.82, 2.24) is 0 Å². The monoisotopic (exact) mass is 588 g/mol. The van der Waals surface area contributed by atoms with Gasteiger partial charge in [0.05, 0.1) is 0 Å². The van der Waals surface area contributed by atoms with Gasteiger partial charge in [-0.15, -0.1) is 0 Å². The van der Waals surface area contributed by atoms with E-state index in [-0.39, 0.29) is 10.8 Å². The molecule has 0 radical (unpaired) electrons. The van der Waals surface area contributed by atoms with Gasteiger partial charge in [0.1, 0.15) is 0 Å². The van der Waals surface area contributed by atoms with Gasteiger partial charge < -0.3 is 0 Å². The van der Waals surface area contributed by atoms with Crippen LogP contribution >= 0.6 is 0 Å². The molecule has 3 aliphatic rings. The SMILES string of the molecule is CC1(C)c2ccccc2-c2ccc(-c3c(-c4ccc5c(c4)C4(CCCC4)c4ccccc4-5)c4ccccc4c4ccccc34)cc21. The summed E-state index contributed by atoms with van der Waals surface area (Å²) in [6, 6.07) is 51.0. The lowest BCUT2D eigenvalue weighted by Gasteiger charge is -2.27. The Kier molecular flexibility index (Phi) is 5.32. The van der Waals surface area contributed by atoms with E-state index in [1.54, 1.807) is 5.56 Å². The summed E-state index contributed by atoms with van der Waals surface area (Å²) in [5.41, 5.74) is 17.0. The summed E-state index contributed by atoms with van der Waals surface area (Å²) in [5, 5.41) is 5.30. The van der Waals surface area contributed by atoms with Gasteiger partial charge in [0.2, 0.25) is 0 Å². The molecule has 0 heterocycles. The van der Waals surface area contributed by atoms with Crippen molar-refractivity contribution in [2.75, 3.05) is 0 Å². The highest BCUT2D eigenvalue weighted by Crippen LogP contribution is 2.58. The summed E-state index contributed by atoms with van der Waals surface area (Å²) in [5.74, 6) is 0. The Morgan fingerprint density at radius 3 is 1.43 bits per heavy atom. The van der Waals surface area contributed by atoms with Crippen molar-refractivity contribution < 1.29 is 0 Å². The van der Waals surface area contributed by atoms with E-state index in [9.17, 15) is 0 Å². The maximum Gasteiger partial charge on any atom is 0.0215 e. The van der Waals surface area contributed by atoms with E-state index in [4.69, 9.17) is 0 Å². The molecule has 0 atom stereocenters. The molecule has 1 spiro atoms. The van der Waals surface area contributed by atoms with Crippen LogP contribution in [0.15, 0.2) is 133 Å². The third kappa shape index (κ3) is 3.34. The van der Waals surface area contributed by atoms with Gasteiger partial charge in [0, 0.05) is 10.8 Å². The molecule has 0 aliphatic heterocycles. The molecule has 0 amide bonds. The Morgan fingerprint density at radius 1 is 0.391 bits per heavy atom. The van der Waals surface area contributed by atoms with Crippen molar-refractivity contribution in [3.8, 4) is 44.5 Å². The van der Waals surface area contributed by atoms with Crippen LogP contribution in [0.1, 0.15) is 61.8 Å². The van der Waals surface area contributed by atoms with Crippen molar-refractivity contribution in [2.24, 2.45) is 0 Å². The molecule has 0 saturated heterocycles. The predicted molar refractivity (Wildman–Crippen MR) is 195 cm³/mol. The molecule has 10 rings (SSSR count). The van der Waals surface area contributed by atoms with E-state index in [1.165, 1.54) is 108 Å². The molecular formula is C46H36. The van der Waals surface area contributed by atoms with E-state index in [1.807, 2.05) is 0 Å². The summed E-state index contributed by atoms with van der Waals surface area (Å²) in [6.45, 7) is 4.78. The summed E-state index contributed by atoms with van der Waals surface area (Å²) in [6.07, 6.45) is 5.09. The topological polar surface area (TPSA) is 0 Å². The van der Waals surface area contributed by atoms with Crippen LogP contribution in [0.2, 0.25) is 0 Å². The summed E-state index contributed by atoms with van der Waals surface area (Å²) in [4.78, 5) is 0. The van der Waals surface area contributed by atoms with E-state index in [0.717, 1.165) is 0 Å². The fourth-order valence-electron chi connectivity index (χ4n) is 9.73. The zero-order valence-corrected chi connectivity index (χ0v) is 26.5. The third-order valence-corrected chi connectivity index (χ3v) is 11.8. The Bertz CT molecular complexity index is 2400. The molecule has 1 saturated carbocycles. The smallest absolute Gasteiger partial charge is 0.0215 e. The van der Waals surface area contributed by atoms with Crippen LogP contribution in [0.4, 0.5) is 0 Å². The van der Waals surface area contributed by atoms with E-state index in [0.29, 0.717) is 0 Å². The largest absolute Gasteiger partial charge is 0.0619 e. The molecule has 7 aromatic carbocycles. The highest BCUT2D eigenvalue weighted by atomic mass is 14.5. The summed E-state index contributed by atoms with van der Waals surface area (Å²) < 4.78 is 0. The second-order valence-corrected chi connectivity index (χ2v) is 14.4. The first kappa shape index (κ1) is 26.3. The van der Waals surface area contributed by atoms with Gasteiger partial charge in [0.15, 0.2) is 0 Å². The van der Waals surface area contributed by atoms with Gasteiger partial charge in [-0.1, -0.05) is 148 Å². The van der Waals surface area contributed by atoms with E-state index >= 15 is 0 Å². The molecule has 0 N–H and O–H groups in total. The molecule has 0 bridgehead atoms. The molecule has 0 aromatic heterocycles. The fraction of sp³-hybridized carbons (Fsp3) is 0.174. The average Bonchev–Trinajstić information content (AvgIpc) is 3.77. The highest BCUT2D eigenvalue weighted by Gasteiger charge is 2.45. The lowest BCUT2D eigenvalue weighted by molar-refractivity contribution is 0.550. The number of fused-ring (bicyclic) bond motifs is 11. The van der Waals surface area contributed by atoms with Crippen LogP contribution < -0.4 is 0 Å². The van der Waals surface area contributed by atoms with Crippen molar-refractivity contribution in [3.63, 3.8) is 0 Å². The maximum atomic E-state index is 2.59. The van der Waals surface area contributed by atoms with Crippen LogP contribution in [0, 0.1) is 0 Å². The van der Waals surface area contributed by atoms with Crippen molar-refractivity contribution in [1.29, 1.82) is 0 Å².